The van der Waals surface area contributed by atoms with Gasteiger partial charge >= 0.3 is 0 Å². The van der Waals surface area contributed by atoms with Gasteiger partial charge in [-0.1, -0.05) is 36.8 Å². The Morgan fingerprint density at radius 2 is 1.43 bits per heavy atom. The van der Waals surface area contributed by atoms with Gasteiger partial charge in [0.1, 0.15) is 5.66 Å². The smallest absolute Gasteiger partial charge is 0.257 e. The highest BCUT2D eigenvalue weighted by Crippen LogP contribution is 2.40. The summed E-state index contributed by atoms with van der Waals surface area (Å²) in [5.74, 6) is 0.216. The third kappa shape index (κ3) is 4.68. The number of hydrogen-bond donors (Lipinski definition) is 4. The van der Waals surface area contributed by atoms with Crippen LogP contribution in [0.2, 0.25) is 0 Å². The number of benzene rings is 3. The summed E-state index contributed by atoms with van der Waals surface area (Å²) in [5, 5.41) is 6.35. The second-order valence-corrected chi connectivity index (χ2v) is 8.86. The van der Waals surface area contributed by atoms with Gasteiger partial charge in [0.15, 0.2) is 0 Å². The number of nitrogens with zero attached hydrogens (tertiary/aromatic N) is 3. The molecule has 0 atom stereocenters. The van der Waals surface area contributed by atoms with E-state index in [0.29, 0.717) is 16.9 Å². The molecule has 0 aromatic heterocycles. The van der Waals surface area contributed by atoms with Crippen molar-refractivity contribution in [3.05, 3.63) is 84.4 Å². The quantitative estimate of drug-likeness (QED) is 0.430. The SMILES string of the molecule is NC1=NC2(CCCCC2)N(c2ccccc2C(=O)Nc2ccc(Nc3ccccc3)cc2)C(N)=N1. The lowest BCUT2D eigenvalue weighted by Crippen LogP contribution is -2.58. The van der Waals surface area contributed by atoms with Gasteiger partial charge in [-0.15, -0.1) is 0 Å². The van der Waals surface area contributed by atoms with Crippen LogP contribution in [0.5, 0.6) is 0 Å². The molecule has 8 nitrogen and oxygen atoms in total. The lowest BCUT2D eigenvalue weighted by Gasteiger charge is -2.46. The van der Waals surface area contributed by atoms with Crippen LogP contribution in [-0.2, 0) is 0 Å². The van der Waals surface area contributed by atoms with Gasteiger partial charge in [0.25, 0.3) is 5.91 Å². The first-order valence-corrected chi connectivity index (χ1v) is 11.9. The second-order valence-electron chi connectivity index (χ2n) is 8.86. The number of anilines is 4. The van der Waals surface area contributed by atoms with Gasteiger partial charge in [0, 0.05) is 17.1 Å². The average molecular weight is 468 g/mol. The van der Waals surface area contributed by atoms with Gasteiger partial charge in [-0.3, -0.25) is 9.69 Å². The van der Waals surface area contributed by atoms with Crippen molar-refractivity contribution < 1.29 is 4.79 Å². The number of hydrogen-bond acceptors (Lipinski definition) is 7. The van der Waals surface area contributed by atoms with E-state index < -0.39 is 5.66 Å². The number of rotatable bonds is 5. The molecule has 35 heavy (non-hydrogen) atoms. The van der Waals surface area contributed by atoms with Crippen molar-refractivity contribution in [2.24, 2.45) is 21.5 Å². The predicted molar refractivity (Wildman–Crippen MR) is 142 cm³/mol. The van der Waals surface area contributed by atoms with Gasteiger partial charge in [-0.2, -0.15) is 4.99 Å². The molecule has 6 N–H and O–H groups in total. The van der Waals surface area contributed by atoms with E-state index in [4.69, 9.17) is 16.5 Å². The first-order valence-electron chi connectivity index (χ1n) is 11.9. The molecule has 1 saturated carbocycles. The van der Waals surface area contributed by atoms with Crippen LogP contribution < -0.4 is 27.0 Å². The summed E-state index contributed by atoms with van der Waals surface area (Å²) in [6.45, 7) is 0. The van der Waals surface area contributed by atoms with Crippen LogP contribution in [0.3, 0.4) is 0 Å². The van der Waals surface area contributed by atoms with Crippen LogP contribution in [-0.4, -0.2) is 23.5 Å². The number of carbonyl (C=O) groups excluding carboxylic acids is 1. The second kappa shape index (κ2) is 9.50. The summed E-state index contributed by atoms with van der Waals surface area (Å²) in [4.78, 5) is 24.2. The first-order chi connectivity index (χ1) is 17.0. The highest BCUT2D eigenvalue weighted by atomic mass is 16.1. The maximum Gasteiger partial charge on any atom is 0.257 e. The minimum atomic E-state index is -0.616. The molecule has 0 unspecified atom stereocenters. The zero-order valence-corrected chi connectivity index (χ0v) is 19.4. The van der Waals surface area contributed by atoms with Crippen molar-refractivity contribution in [3.8, 4) is 0 Å². The van der Waals surface area contributed by atoms with E-state index in [0.717, 1.165) is 43.5 Å². The van der Waals surface area contributed by atoms with E-state index in [1.54, 1.807) is 6.07 Å². The molecule has 0 saturated heterocycles. The number of guanidine groups is 2. The molecule has 0 radical (unpaired) electrons. The van der Waals surface area contributed by atoms with E-state index in [-0.39, 0.29) is 17.8 Å². The fraction of sp³-hybridized carbons (Fsp3) is 0.222. The summed E-state index contributed by atoms with van der Waals surface area (Å²) >= 11 is 0. The number of nitrogens with two attached hydrogens (primary N) is 2. The number of nitrogens with one attached hydrogen (secondary N) is 2. The van der Waals surface area contributed by atoms with E-state index in [2.05, 4.69) is 15.6 Å². The predicted octanol–water partition coefficient (Wildman–Crippen LogP) is 4.79. The molecule has 1 heterocycles. The largest absolute Gasteiger partial charge is 0.369 e. The Bertz CT molecular complexity index is 1260. The van der Waals surface area contributed by atoms with Crippen molar-refractivity contribution in [1.82, 2.24) is 0 Å². The van der Waals surface area contributed by atoms with Crippen LogP contribution in [0.4, 0.5) is 22.7 Å². The van der Waals surface area contributed by atoms with Crippen molar-refractivity contribution >= 4 is 40.6 Å². The molecule has 1 aliphatic carbocycles. The molecule has 8 heteroatoms. The number of para-hydroxylation sites is 2. The third-order valence-electron chi connectivity index (χ3n) is 6.45. The number of amides is 1. The molecule has 1 spiro atoms. The lowest BCUT2D eigenvalue weighted by molar-refractivity contribution is 0.102. The Labute approximate surface area is 204 Å². The maximum absolute atomic E-state index is 13.4. The zero-order chi connectivity index (χ0) is 24.3. The monoisotopic (exact) mass is 467 g/mol. The van der Waals surface area contributed by atoms with Gasteiger partial charge in [-0.25, -0.2) is 4.99 Å². The minimum Gasteiger partial charge on any atom is -0.369 e. The minimum absolute atomic E-state index is 0.187. The van der Waals surface area contributed by atoms with Gasteiger partial charge in [-0.05, 0) is 74.2 Å². The highest BCUT2D eigenvalue weighted by molar-refractivity contribution is 6.13. The lowest BCUT2D eigenvalue weighted by atomic mass is 9.87. The van der Waals surface area contributed by atoms with E-state index in [1.807, 2.05) is 77.7 Å². The van der Waals surface area contributed by atoms with Gasteiger partial charge < -0.3 is 22.1 Å². The molecular formula is C27H29N7O. The Kier molecular flexibility index (Phi) is 6.10. The fourth-order valence-corrected chi connectivity index (χ4v) is 4.85. The Hall–Kier alpha value is -4.33. The molecule has 1 fully saturated rings. The molecule has 2 aliphatic rings. The molecular weight excluding hydrogens is 438 g/mol. The average Bonchev–Trinajstić information content (AvgIpc) is 2.86. The maximum atomic E-state index is 13.4. The number of aliphatic imine (C=N–C) groups is 2. The molecule has 5 rings (SSSR count). The molecule has 3 aromatic carbocycles. The summed E-state index contributed by atoms with van der Waals surface area (Å²) < 4.78 is 0. The molecule has 0 bridgehead atoms. The van der Waals surface area contributed by atoms with E-state index >= 15 is 0 Å². The Morgan fingerprint density at radius 1 is 0.800 bits per heavy atom. The van der Waals surface area contributed by atoms with Crippen LogP contribution in [0.1, 0.15) is 42.5 Å². The Balaban J connectivity index is 1.39. The van der Waals surface area contributed by atoms with Gasteiger partial charge in [0.2, 0.25) is 11.9 Å². The van der Waals surface area contributed by atoms with E-state index in [9.17, 15) is 4.79 Å². The standard InChI is InChI=1S/C27H29N7O/c28-25-32-26(29)34(27(33-25)17-7-2-8-18-27)23-12-6-5-11-22(23)24(35)31-21-15-13-20(14-16-21)30-19-9-3-1-4-10-19/h1,3-6,9-16,30H,2,7-8,17-18H2,(H,31,35)(H4,28,29,32,33). The summed E-state index contributed by atoms with van der Waals surface area (Å²) in [5.41, 5.74) is 15.6. The highest BCUT2D eigenvalue weighted by Gasteiger charge is 2.43. The van der Waals surface area contributed by atoms with Crippen molar-refractivity contribution in [2.45, 2.75) is 37.8 Å². The normalized spacial score (nSPS) is 16.9. The Morgan fingerprint density at radius 3 is 2.17 bits per heavy atom. The summed E-state index contributed by atoms with van der Waals surface area (Å²) in [6.07, 6.45) is 4.77. The molecule has 3 aromatic rings. The van der Waals surface area contributed by atoms with Crippen LogP contribution in [0.15, 0.2) is 88.8 Å². The topological polar surface area (TPSA) is 121 Å². The zero-order valence-electron chi connectivity index (χ0n) is 19.4. The molecule has 1 amide bonds. The number of carbonyl (C=O) groups is 1. The van der Waals surface area contributed by atoms with Crippen molar-refractivity contribution in [1.29, 1.82) is 0 Å². The fourth-order valence-electron chi connectivity index (χ4n) is 4.85. The van der Waals surface area contributed by atoms with Crippen molar-refractivity contribution in [2.75, 3.05) is 15.5 Å². The van der Waals surface area contributed by atoms with Crippen LogP contribution >= 0.6 is 0 Å². The molecule has 178 valence electrons. The van der Waals surface area contributed by atoms with Crippen LogP contribution in [0, 0.1) is 0 Å². The summed E-state index contributed by atoms with van der Waals surface area (Å²) in [6, 6.07) is 24.9. The van der Waals surface area contributed by atoms with Crippen LogP contribution in [0.25, 0.3) is 0 Å². The van der Waals surface area contributed by atoms with Crippen molar-refractivity contribution in [3.63, 3.8) is 0 Å². The first kappa shape index (κ1) is 22.5. The van der Waals surface area contributed by atoms with E-state index in [1.165, 1.54) is 0 Å². The molecule has 1 aliphatic heterocycles. The third-order valence-corrected chi connectivity index (χ3v) is 6.45. The summed E-state index contributed by atoms with van der Waals surface area (Å²) in [7, 11) is 0. The van der Waals surface area contributed by atoms with Gasteiger partial charge in [0.05, 0.1) is 11.3 Å².